The molecule has 32 heavy (non-hydrogen) atoms. The third-order valence-corrected chi connectivity index (χ3v) is 4.70. The minimum absolute atomic E-state index is 0.107. The number of carbonyl (C=O) groups is 2. The van der Waals surface area contributed by atoms with Gasteiger partial charge in [0.1, 0.15) is 40.4 Å². The Morgan fingerprint density at radius 2 is 1.72 bits per heavy atom. The van der Waals surface area contributed by atoms with Gasteiger partial charge in [0.25, 0.3) is 0 Å². The van der Waals surface area contributed by atoms with Crippen molar-refractivity contribution in [3.63, 3.8) is 0 Å². The number of aromatic hydroxyl groups is 3. The van der Waals surface area contributed by atoms with Crippen molar-refractivity contribution in [3.05, 3.63) is 41.5 Å². The molecule has 1 aliphatic rings. The van der Waals surface area contributed by atoms with Crippen LogP contribution in [0.15, 0.2) is 30.3 Å². The van der Waals surface area contributed by atoms with Crippen molar-refractivity contribution in [2.24, 2.45) is 0 Å². The van der Waals surface area contributed by atoms with Gasteiger partial charge in [0.2, 0.25) is 12.1 Å². The lowest BCUT2D eigenvalue weighted by molar-refractivity contribution is -0.153. The molecule has 0 unspecified atom stereocenters. The largest absolute Gasteiger partial charge is 0.508 e. The molecule has 11 heteroatoms. The Hall–Kier alpha value is -3.54. The second-order valence-electron chi connectivity index (χ2n) is 6.99. The van der Waals surface area contributed by atoms with E-state index in [-0.39, 0.29) is 34.1 Å². The average molecular weight is 450 g/mol. The Labute approximate surface area is 182 Å². The summed E-state index contributed by atoms with van der Waals surface area (Å²) >= 11 is 0. The summed E-state index contributed by atoms with van der Waals surface area (Å²) in [6.07, 6.45) is -5.34. The number of carbonyl (C=O) groups excluding carboxylic acids is 2. The molecule has 0 bridgehead atoms. The van der Waals surface area contributed by atoms with E-state index in [1.807, 2.05) is 0 Å². The molecule has 1 heterocycles. The second kappa shape index (κ2) is 9.30. The second-order valence-corrected chi connectivity index (χ2v) is 6.99. The van der Waals surface area contributed by atoms with Gasteiger partial charge in [0, 0.05) is 30.7 Å². The van der Waals surface area contributed by atoms with Crippen LogP contribution in [0.25, 0.3) is 0 Å². The van der Waals surface area contributed by atoms with E-state index < -0.39 is 48.7 Å². The zero-order valence-electron chi connectivity index (χ0n) is 17.1. The first-order chi connectivity index (χ1) is 15.1. The van der Waals surface area contributed by atoms with Crippen molar-refractivity contribution in [1.29, 1.82) is 0 Å². The molecule has 1 saturated heterocycles. The van der Waals surface area contributed by atoms with Gasteiger partial charge < -0.3 is 44.5 Å². The molecule has 172 valence electrons. The smallest absolute Gasteiger partial charge is 0.303 e. The van der Waals surface area contributed by atoms with Crippen molar-refractivity contribution in [3.8, 4) is 28.7 Å². The lowest BCUT2D eigenvalue weighted by Gasteiger charge is -2.21. The Morgan fingerprint density at radius 1 is 1.06 bits per heavy atom. The zero-order valence-corrected chi connectivity index (χ0v) is 17.1. The molecule has 5 N–H and O–H groups in total. The number of hydrogen-bond acceptors (Lipinski definition) is 11. The maximum absolute atomic E-state index is 13.1. The summed E-state index contributed by atoms with van der Waals surface area (Å²) in [5, 5.41) is 49.8. The summed E-state index contributed by atoms with van der Waals surface area (Å²) in [7, 11) is 1.31. The van der Waals surface area contributed by atoms with Crippen LogP contribution in [0.5, 0.6) is 28.7 Å². The number of ketones is 1. The predicted molar refractivity (Wildman–Crippen MR) is 106 cm³/mol. The van der Waals surface area contributed by atoms with Crippen molar-refractivity contribution in [2.45, 2.75) is 31.5 Å². The van der Waals surface area contributed by atoms with Crippen LogP contribution in [0.3, 0.4) is 0 Å². The van der Waals surface area contributed by atoms with Crippen LogP contribution in [-0.2, 0) is 14.3 Å². The highest BCUT2D eigenvalue weighted by Crippen LogP contribution is 2.38. The standard InChI is InChI=1S/C21H22O11/c1-9(23)30-20-16(8-22)32-21(19(20)28)31-15-7-13(29-2)6-14(26)17(15)18(27)10-3-11(24)5-12(25)4-10/h3-7,16,19-22,24-26,28H,8H2,1-2H3/t16-,19+,20-,21+/m0/s1. The maximum Gasteiger partial charge on any atom is 0.303 e. The van der Waals surface area contributed by atoms with E-state index >= 15 is 0 Å². The van der Waals surface area contributed by atoms with E-state index in [0.29, 0.717) is 0 Å². The molecule has 3 rings (SSSR count). The number of methoxy groups -OCH3 is 1. The predicted octanol–water partition coefficient (Wildman–Crippen LogP) is 0.432. The zero-order chi connectivity index (χ0) is 23.6. The number of aliphatic hydroxyl groups excluding tert-OH is 2. The highest BCUT2D eigenvalue weighted by Gasteiger charge is 2.47. The Balaban J connectivity index is 2.00. The van der Waals surface area contributed by atoms with Gasteiger partial charge in [0.15, 0.2) is 12.2 Å². The SMILES string of the molecule is COc1cc(O)c(C(=O)c2cc(O)cc(O)c2)c(O[C@@H]2O[C@@H](CO)[C@H](OC(C)=O)[C@H]2O)c1. The average Bonchev–Trinajstić information content (AvgIpc) is 3.01. The van der Waals surface area contributed by atoms with E-state index in [0.717, 1.165) is 31.2 Å². The summed E-state index contributed by atoms with van der Waals surface area (Å²) in [5.41, 5.74) is -0.533. The van der Waals surface area contributed by atoms with E-state index in [1.165, 1.54) is 13.2 Å². The Kier molecular flexibility index (Phi) is 6.72. The van der Waals surface area contributed by atoms with Gasteiger partial charge in [-0.15, -0.1) is 0 Å². The van der Waals surface area contributed by atoms with E-state index in [4.69, 9.17) is 18.9 Å². The summed E-state index contributed by atoms with van der Waals surface area (Å²) in [5.74, 6) is -3.00. The quantitative estimate of drug-likeness (QED) is 0.292. The van der Waals surface area contributed by atoms with Crippen LogP contribution in [0.4, 0.5) is 0 Å². The molecule has 0 radical (unpaired) electrons. The number of aliphatic hydroxyl groups is 2. The van der Waals surface area contributed by atoms with Crippen molar-refractivity contribution in [2.75, 3.05) is 13.7 Å². The highest BCUT2D eigenvalue weighted by molar-refractivity contribution is 6.13. The monoisotopic (exact) mass is 450 g/mol. The van der Waals surface area contributed by atoms with Gasteiger partial charge in [-0.2, -0.15) is 0 Å². The maximum atomic E-state index is 13.1. The summed E-state index contributed by atoms with van der Waals surface area (Å²) < 4.78 is 21.1. The Bertz CT molecular complexity index is 999. The lowest BCUT2D eigenvalue weighted by atomic mass is 10.0. The molecule has 1 fully saturated rings. The molecule has 1 aliphatic heterocycles. The third-order valence-electron chi connectivity index (χ3n) is 4.70. The number of phenols is 3. The number of hydrogen-bond donors (Lipinski definition) is 5. The summed E-state index contributed by atoms with van der Waals surface area (Å²) in [4.78, 5) is 24.4. The molecule has 0 aromatic heterocycles. The van der Waals surface area contributed by atoms with Gasteiger partial charge in [-0.25, -0.2) is 0 Å². The normalized spacial score (nSPS) is 22.4. The fourth-order valence-electron chi connectivity index (χ4n) is 3.30. The number of esters is 1. The van der Waals surface area contributed by atoms with Crippen LogP contribution in [-0.4, -0.2) is 75.6 Å². The van der Waals surface area contributed by atoms with Gasteiger partial charge in [-0.1, -0.05) is 0 Å². The molecule has 2 aromatic carbocycles. The van der Waals surface area contributed by atoms with E-state index in [9.17, 15) is 35.1 Å². The number of benzene rings is 2. The molecule has 11 nitrogen and oxygen atoms in total. The first kappa shape index (κ1) is 23.1. The number of rotatable bonds is 7. The van der Waals surface area contributed by atoms with Crippen LogP contribution >= 0.6 is 0 Å². The molecular formula is C21H22O11. The van der Waals surface area contributed by atoms with E-state index in [1.54, 1.807) is 0 Å². The van der Waals surface area contributed by atoms with Crippen molar-refractivity contribution in [1.82, 2.24) is 0 Å². The molecule has 0 amide bonds. The third kappa shape index (κ3) is 4.69. The molecule has 0 aliphatic carbocycles. The van der Waals surface area contributed by atoms with E-state index in [2.05, 4.69) is 0 Å². The minimum Gasteiger partial charge on any atom is -0.508 e. The van der Waals surface area contributed by atoms with Crippen molar-refractivity contribution < 1.29 is 54.1 Å². The fourth-order valence-corrected chi connectivity index (χ4v) is 3.30. The number of ether oxygens (including phenoxy) is 4. The molecule has 0 saturated carbocycles. The van der Waals surface area contributed by atoms with Gasteiger partial charge in [-0.05, 0) is 12.1 Å². The summed E-state index contributed by atoms with van der Waals surface area (Å²) in [6.45, 7) is 0.531. The minimum atomic E-state index is -1.53. The van der Waals surface area contributed by atoms with Crippen LogP contribution in [0.1, 0.15) is 22.8 Å². The fraction of sp³-hybridized carbons (Fsp3) is 0.333. The first-order valence-corrected chi connectivity index (χ1v) is 9.41. The van der Waals surface area contributed by atoms with Crippen LogP contribution in [0.2, 0.25) is 0 Å². The van der Waals surface area contributed by atoms with Gasteiger partial charge >= 0.3 is 5.97 Å². The highest BCUT2D eigenvalue weighted by atomic mass is 16.7. The molecular weight excluding hydrogens is 428 g/mol. The van der Waals surface area contributed by atoms with Gasteiger partial charge in [0.05, 0.1) is 13.7 Å². The molecule has 4 atom stereocenters. The molecule has 0 spiro atoms. The number of phenolic OH excluding ortho intramolecular Hbond substituents is 3. The lowest BCUT2D eigenvalue weighted by Crippen LogP contribution is -2.39. The van der Waals surface area contributed by atoms with Crippen molar-refractivity contribution >= 4 is 11.8 Å². The van der Waals surface area contributed by atoms with Crippen LogP contribution < -0.4 is 9.47 Å². The molecule has 2 aromatic rings. The topological polar surface area (TPSA) is 172 Å². The summed E-state index contributed by atoms with van der Waals surface area (Å²) in [6, 6.07) is 5.57. The Morgan fingerprint density at radius 3 is 2.28 bits per heavy atom. The first-order valence-electron chi connectivity index (χ1n) is 9.41. The van der Waals surface area contributed by atoms with Gasteiger partial charge in [-0.3, -0.25) is 9.59 Å². The van der Waals surface area contributed by atoms with Crippen LogP contribution in [0, 0.1) is 0 Å².